The second-order valence-corrected chi connectivity index (χ2v) is 6.38. The molecule has 23 heavy (non-hydrogen) atoms. The Hall–Kier alpha value is -2.37. The van der Waals surface area contributed by atoms with Crippen LogP contribution < -0.4 is 11.0 Å². The zero-order valence-electron chi connectivity index (χ0n) is 13.5. The van der Waals surface area contributed by atoms with Crippen LogP contribution in [0.5, 0.6) is 0 Å². The van der Waals surface area contributed by atoms with E-state index in [0.717, 1.165) is 5.56 Å². The van der Waals surface area contributed by atoms with Crippen molar-refractivity contribution in [3.8, 4) is 0 Å². The first-order valence-electron chi connectivity index (χ1n) is 7.70. The molecule has 1 aromatic heterocycles. The molecule has 122 valence electrons. The van der Waals surface area contributed by atoms with Crippen molar-refractivity contribution in [2.75, 3.05) is 0 Å². The molecule has 2 aromatic rings. The number of nitrogens with one attached hydrogen (secondary N) is 1. The van der Waals surface area contributed by atoms with Crippen molar-refractivity contribution in [2.24, 2.45) is 7.05 Å². The first-order valence-corrected chi connectivity index (χ1v) is 7.70. The molecule has 1 saturated heterocycles. The Bertz CT molecular complexity index is 876. The average molecular weight is 317 g/mol. The van der Waals surface area contributed by atoms with Crippen LogP contribution in [0.4, 0.5) is 4.39 Å². The molecule has 1 N–H and O–H groups in total. The smallest absolute Gasteiger partial charge is 0.329 e. The molecule has 6 heteroatoms. The van der Waals surface area contributed by atoms with Crippen molar-refractivity contribution in [3.05, 3.63) is 46.3 Å². The normalized spacial score (nSPS) is 18.7. The van der Waals surface area contributed by atoms with E-state index in [0.29, 0.717) is 29.6 Å². The van der Waals surface area contributed by atoms with E-state index in [1.165, 1.54) is 21.3 Å². The standard InChI is InChI=1S/C17H20FN3O2/c1-9(2)12-7-11(18)8-14-15(12)20(4)17(23)21(14)13-6-5-10(3)19-16(13)22/h7-9,13H,3,5-6H2,1-2,4H3,(H,19,22). The van der Waals surface area contributed by atoms with Gasteiger partial charge in [0.1, 0.15) is 11.9 Å². The fourth-order valence-corrected chi connectivity index (χ4v) is 3.26. The Kier molecular flexibility index (Phi) is 3.62. The van der Waals surface area contributed by atoms with Crippen molar-refractivity contribution in [3.63, 3.8) is 0 Å². The van der Waals surface area contributed by atoms with E-state index in [-0.39, 0.29) is 17.5 Å². The quantitative estimate of drug-likeness (QED) is 0.925. The summed E-state index contributed by atoms with van der Waals surface area (Å²) in [5, 5.41) is 2.68. The van der Waals surface area contributed by atoms with Crippen molar-refractivity contribution in [2.45, 2.75) is 38.6 Å². The highest BCUT2D eigenvalue weighted by Crippen LogP contribution is 2.30. The summed E-state index contributed by atoms with van der Waals surface area (Å²) in [5.74, 6) is -0.609. The van der Waals surface area contributed by atoms with Gasteiger partial charge in [-0.15, -0.1) is 0 Å². The Labute approximate surface area is 133 Å². The van der Waals surface area contributed by atoms with Crippen molar-refractivity contribution >= 4 is 16.9 Å². The lowest BCUT2D eigenvalue weighted by Crippen LogP contribution is -2.40. The number of rotatable bonds is 2. The van der Waals surface area contributed by atoms with Crippen molar-refractivity contribution in [1.82, 2.24) is 14.5 Å². The number of amides is 1. The van der Waals surface area contributed by atoms with Gasteiger partial charge < -0.3 is 5.32 Å². The van der Waals surface area contributed by atoms with Gasteiger partial charge >= 0.3 is 5.69 Å². The topological polar surface area (TPSA) is 56.0 Å². The third-order valence-electron chi connectivity index (χ3n) is 4.43. The molecular formula is C17H20FN3O2. The number of aromatic nitrogens is 2. The van der Waals surface area contributed by atoms with E-state index >= 15 is 0 Å². The summed E-state index contributed by atoms with van der Waals surface area (Å²) in [4.78, 5) is 25.0. The number of piperidine rings is 1. The fourth-order valence-electron chi connectivity index (χ4n) is 3.26. The van der Waals surface area contributed by atoms with E-state index in [2.05, 4.69) is 11.9 Å². The van der Waals surface area contributed by atoms with Gasteiger partial charge in [-0.2, -0.15) is 0 Å². The van der Waals surface area contributed by atoms with E-state index in [1.54, 1.807) is 7.05 Å². The predicted octanol–water partition coefficient (Wildman–Crippen LogP) is 2.57. The monoisotopic (exact) mass is 317 g/mol. The lowest BCUT2D eigenvalue weighted by molar-refractivity contribution is -0.124. The molecule has 1 aliphatic heterocycles. The number of carbonyl (C=O) groups excluding carboxylic acids is 1. The minimum Gasteiger partial charge on any atom is -0.329 e. The van der Waals surface area contributed by atoms with Gasteiger partial charge in [0, 0.05) is 12.7 Å². The van der Waals surface area contributed by atoms with Gasteiger partial charge in [0.2, 0.25) is 5.91 Å². The molecule has 0 saturated carbocycles. The highest BCUT2D eigenvalue weighted by atomic mass is 19.1. The molecule has 1 unspecified atom stereocenters. The van der Waals surface area contributed by atoms with E-state index in [4.69, 9.17) is 0 Å². The Morgan fingerprint density at radius 1 is 1.35 bits per heavy atom. The number of hydrogen-bond acceptors (Lipinski definition) is 2. The van der Waals surface area contributed by atoms with Gasteiger partial charge in [-0.25, -0.2) is 9.18 Å². The zero-order valence-corrected chi connectivity index (χ0v) is 13.5. The summed E-state index contributed by atoms with van der Waals surface area (Å²) in [6, 6.07) is 2.15. The first kappa shape index (κ1) is 15.5. The summed E-state index contributed by atoms with van der Waals surface area (Å²) in [5.41, 5.74) is 2.25. The number of carbonyl (C=O) groups is 1. The summed E-state index contributed by atoms with van der Waals surface area (Å²) in [6.45, 7) is 7.65. The van der Waals surface area contributed by atoms with Gasteiger partial charge in [-0.05, 0) is 36.5 Å². The fraction of sp³-hybridized carbons (Fsp3) is 0.412. The summed E-state index contributed by atoms with van der Waals surface area (Å²) in [7, 11) is 1.66. The summed E-state index contributed by atoms with van der Waals surface area (Å²) in [6.07, 6.45) is 1.09. The van der Waals surface area contributed by atoms with Crippen LogP contribution in [-0.4, -0.2) is 15.0 Å². The zero-order chi connectivity index (χ0) is 16.9. The number of imidazole rings is 1. The largest absolute Gasteiger partial charge is 0.329 e. The molecule has 1 fully saturated rings. The average Bonchev–Trinajstić information content (AvgIpc) is 2.71. The number of hydrogen-bond donors (Lipinski definition) is 1. The maximum absolute atomic E-state index is 14.1. The molecule has 3 rings (SSSR count). The molecule has 0 aliphatic carbocycles. The molecule has 5 nitrogen and oxygen atoms in total. The molecule has 0 spiro atoms. The van der Waals surface area contributed by atoms with Crippen LogP contribution in [0, 0.1) is 5.82 Å². The lowest BCUT2D eigenvalue weighted by Gasteiger charge is -2.24. The Balaban J connectivity index is 2.30. The van der Waals surface area contributed by atoms with Crippen molar-refractivity contribution in [1.29, 1.82) is 0 Å². The van der Waals surface area contributed by atoms with E-state index < -0.39 is 11.9 Å². The Morgan fingerprint density at radius 3 is 2.65 bits per heavy atom. The van der Waals surface area contributed by atoms with Crippen LogP contribution in [0.15, 0.2) is 29.2 Å². The molecule has 0 bridgehead atoms. The third-order valence-corrected chi connectivity index (χ3v) is 4.43. The number of aryl methyl sites for hydroxylation is 1. The van der Waals surface area contributed by atoms with Crippen LogP contribution in [-0.2, 0) is 11.8 Å². The third kappa shape index (κ3) is 2.38. The number of fused-ring (bicyclic) bond motifs is 1. The maximum Gasteiger partial charge on any atom is 0.329 e. The predicted molar refractivity (Wildman–Crippen MR) is 86.8 cm³/mol. The van der Waals surface area contributed by atoms with Crippen molar-refractivity contribution < 1.29 is 9.18 Å². The highest BCUT2D eigenvalue weighted by molar-refractivity contribution is 5.87. The number of allylic oxidation sites excluding steroid dienone is 1. The van der Waals surface area contributed by atoms with Gasteiger partial charge in [-0.1, -0.05) is 20.4 Å². The van der Waals surface area contributed by atoms with Crippen LogP contribution in [0.1, 0.15) is 44.2 Å². The minimum absolute atomic E-state index is 0.0645. The number of benzene rings is 1. The second-order valence-electron chi connectivity index (χ2n) is 6.38. The molecule has 0 radical (unpaired) electrons. The Morgan fingerprint density at radius 2 is 2.04 bits per heavy atom. The van der Waals surface area contributed by atoms with Gasteiger partial charge in [-0.3, -0.25) is 13.9 Å². The van der Waals surface area contributed by atoms with Gasteiger partial charge in [0.15, 0.2) is 0 Å². The van der Waals surface area contributed by atoms with Crippen LogP contribution in [0.3, 0.4) is 0 Å². The minimum atomic E-state index is -0.640. The summed E-state index contributed by atoms with van der Waals surface area (Å²) < 4.78 is 17.0. The molecule has 2 heterocycles. The van der Waals surface area contributed by atoms with Crippen LogP contribution in [0.25, 0.3) is 11.0 Å². The lowest BCUT2D eigenvalue weighted by atomic mass is 10.0. The first-order chi connectivity index (χ1) is 10.8. The number of halogens is 1. The second kappa shape index (κ2) is 5.37. The maximum atomic E-state index is 14.1. The number of nitrogens with zero attached hydrogens (tertiary/aromatic N) is 2. The molecule has 1 aliphatic rings. The molecule has 1 amide bonds. The van der Waals surface area contributed by atoms with E-state index in [9.17, 15) is 14.0 Å². The van der Waals surface area contributed by atoms with Gasteiger partial charge in [0.25, 0.3) is 0 Å². The SMILES string of the molecule is C=C1CCC(n2c(=O)n(C)c3c(C(C)C)cc(F)cc32)C(=O)N1. The highest BCUT2D eigenvalue weighted by Gasteiger charge is 2.30. The van der Waals surface area contributed by atoms with Crippen LogP contribution in [0.2, 0.25) is 0 Å². The summed E-state index contributed by atoms with van der Waals surface area (Å²) >= 11 is 0. The molecule has 1 aromatic carbocycles. The van der Waals surface area contributed by atoms with E-state index in [1.807, 2.05) is 13.8 Å². The van der Waals surface area contributed by atoms with Gasteiger partial charge in [0.05, 0.1) is 11.0 Å². The molecular weight excluding hydrogens is 297 g/mol. The van der Waals surface area contributed by atoms with Crippen LogP contribution >= 0.6 is 0 Å². The molecule has 1 atom stereocenters.